The van der Waals surface area contributed by atoms with E-state index >= 15 is 0 Å². The Morgan fingerprint density at radius 2 is 1.39 bits per heavy atom. The van der Waals surface area contributed by atoms with E-state index in [-0.39, 0.29) is 14.9 Å². The van der Waals surface area contributed by atoms with Crippen molar-refractivity contribution in [3.05, 3.63) is 0 Å². The smallest absolute Gasteiger partial charge is 0.0329 e. The van der Waals surface area contributed by atoms with Gasteiger partial charge in [0, 0.05) is 0 Å². The zero-order chi connectivity index (χ0) is 12.4. The van der Waals surface area contributed by atoms with Crippen LogP contribution in [0.3, 0.4) is 0 Å². The lowest BCUT2D eigenvalue weighted by atomic mass is 9.83. The Morgan fingerprint density at radius 1 is 0.833 bits per heavy atom. The van der Waals surface area contributed by atoms with E-state index in [9.17, 15) is 0 Å². The van der Waals surface area contributed by atoms with Crippen LogP contribution in [0.4, 0.5) is 0 Å². The van der Waals surface area contributed by atoms with Crippen molar-refractivity contribution in [1.82, 2.24) is 0 Å². The topological polar surface area (TPSA) is 0 Å². The van der Waals surface area contributed by atoms with Gasteiger partial charge in [-0.25, -0.2) is 0 Å². The molecule has 0 amide bonds. The van der Waals surface area contributed by atoms with Crippen molar-refractivity contribution in [3.63, 3.8) is 0 Å². The minimum absolute atomic E-state index is 0. The largest absolute Gasteiger partial charge is 0.0776 e. The van der Waals surface area contributed by atoms with Crippen molar-refractivity contribution in [1.29, 1.82) is 0 Å². The van der Waals surface area contributed by atoms with Gasteiger partial charge in [0.15, 0.2) is 0 Å². The van der Waals surface area contributed by atoms with Crippen molar-refractivity contribution in [2.24, 2.45) is 22.7 Å². The van der Waals surface area contributed by atoms with Crippen LogP contribution >= 0.6 is 0 Å². The average Bonchev–Trinajstić information content (AvgIpc) is 2.58. The molecule has 2 fully saturated rings. The molecule has 2 aliphatic rings. The van der Waals surface area contributed by atoms with E-state index in [0.717, 1.165) is 11.8 Å². The predicted molar refractivity (Wildman–Crippen MR) is 87.1 cm³/mol. The SMILES string of the molecule is C.C.CC1CCC(C)(C)C1.CC1CCCC1(C)C. The lowest BCUT2D eigenvalue weighted by Crippen LogP contribution is -2.13. The maximum absolute atomic E-state index is 2.38. The molecule has 112 valence electrons. The van der Waals surface area contributed by atoms with E-state index in [4.69, 9.17) is 0 Å². The quantitative estimate of drug-likeness (QED) is 0.440. The van der Waals surface area contributed by atoms with Gasteiger partial charge in [0.05, 0.1) is 0 Å². The molecule has 2 rings (SSSR count). The second-order valence-electron chi connectivity index (χ2n) is 7.79. The van der Waals surface area contributed by atoms with Gasteiger partial charge in [-0.1, -0.05) is 75.7 Å². The third-order valence-corrected chi connectivity index (χ3v) is 5.01. The monoisotopic (exact) mass is 256 g/mol. The molecule has 18 heavy (non-hydrogen) atoms. The summed E-state index contributed by atoms with van der Waals surface area (Å²) >= 11 is 0. The van der Waals surface area contributed by atoms with Crippen LogP contribution in [0.1, 0.15) is 94.9 Å². The maximum Gasteiger partial charge on any atom is -0.0329 e. The van der Waals surface area contributed by atoms with Crippen LogP contribution in [0.25, 0.3) is 0 Å². The number of hydrogen-bond acceptors (Lipinski definition) is 0. The van der Waals surface area contributed by atoms with Gasteiger partial charge in [-0.2, -0.15) is 0 Å². The molecule has 2 atom stereocenters. The van der Waals surface area contributed by atoms with Gasteiger partial charge in [0.2, 0.25) is 0 Å². The third kappa shape index (κ3) is 6.25. The molecule has 0 aliphatic heterocycles. The van der Waals surface area contributed by atoms with Crippen molar-refractivity contribution < 1.29 is 0 Å². The van der Waals surface area contributed by atoms with Gasteiger partial charge < -0.3 is 0 Å². The highest BCUT2D eigenvalue weighted by molar-refractivity contribution is 4.81. The first-order valence-corrected chi connectivity index (χ1v) is 7.23. The Bertz CT molecular complexity index is 212. The summed E-state index contributed by atoms with van der Waals surface area (Å²) in [4.78, 5) is 0. The molecule has 0 bridgehead atoms. The summed E-state index contributed by atoms with van der Waals surface area (Å²) < 4.78 is 0. The standard InChI is InChI=1S/2C8H16.2CH4/c1-7-4-5-8(2,3)6-7;1-7-5-4-6-8(7,2)3;;/h2*7H,4-6H2,1-3H3;2*1H4. The van der Waals surface area contributed by atoms with E-state index < -0.39 is 0 Å². The van der Waals surface area contributed by atoms with Crippen molar-refractivity contribution in [2.75, 3.05) is 0 Å². The Labute approximate surface area is 118 Å². The number of rotatable bonds is 0. The summed E-state index contributed by atoms with van der Waals surface area (Å²) in [6, 6.07) is 0. The summed E-state index contributed by atoms with van der Waals surface area (Å²) in [7, 11) is 0. The van der Waals surface area contributed by atoms with Gasteiger partial charge in [-0.3, -0.25) is 0 Å². The molecule has 0 aromatic heterocycles. The van der Waals surface area contributed by atoms with Crippen molar-refractivity contribution >= 4 is 0 Å². The van der Waals surface area contributed by atoms with E-state index in [1.54, 1.807) is 0 Å². The van der Waals surface area contributed by atoms with Gasteiger partial charge in [0.1, 0.15) is 0 Å². The molecular formula is C18H40. The van der Waals surface area contributed by atoms with Crippen molar-refractivity contribution in [2.45, 2.75) is 94.9 Å². The molecule has 0 heterocycles. The third-order valence-electron chi connectivity index (χ3n) is 5.01. The lowest BCUT2D eigenvalue weighted by Gasteiger charge is -2.22. The highest BCUT2D eigenvalue weighted by atomic mass is 14.4. The van der Waals surface area contributed by atoms with E-state index in [0.29, 0.717) is 10.8 Å². The zero-order valence-electron chi connectivity index (χ0n) is 12.4. The fraction of sp³-hybridized carbons (Fsp3) is 1.00. The Kier molecular flexibility index (Phi) is 8.53. The molecule has 0 radical (unpaired) electrons. The first-order valence-electron chi connectivity index (χ1n) is 7.23. The molecule has 2 aliphatic carbocycles. The molecule has 0 aromatic carbocycles. The summed E-state index contributed by atoms with van der Waals surface area (Å²) in [5.41, 5.74) is 1.32. The van der Waals surface area contributed by atoms with E-state index in [1.165, 1.54) is 38.5 Å². The first kappa shape index (κ1) is 20.3. The van der Waals surface area contributed by atoms with Crippen LogP contribution < -0.4 is 0 Å². The van der Waals surface area contributed by atoms with Crippen LogP contribution in [0.15, 0.2) is 0 Å². The van der Waals surface area contributed by atoms with E-state index in [1.807, 2.05) is 0 Å². The zero-order valence-corrected chi connectivity index (χ0v) is 12.4. The molecule has 0 aromatic rings. The Morgan fingerprint density at radius 3 is 1.50 bits per heavy atom. The maximum atomic E-state index is 2.38. The average molecular weight is 257 g/mol. The highest BCUT2D eigenvalue weighted by Crippen LogP contribution is 2.41. The second-order valence-corrected chi connectivity index (χ2v) is 7.79. The van der Waals surface area contributed by atoms with Crippen LogP contribution in [0.5, 0.6) is 0 Å². The summed E-state index contributed by atoms with van der Waals surface area (Å²) in [5.74, 6) is 1.95. The molecule has 0 heteroatoms. The first-order chi connectivity index (χ1) is 7.23. The Hall–Kier alpha value is 0. The van der Waals surface area contributed by atoms with E-state index in [2.05, 4.69) is 41.5 Å². The molecule has 0 nitrogen and oxygen atoms in total. The normalized spacial score (nSPS) is 31.7. The van der Waals surface area contributed by atoms with Gasteiger partial charge in [0.25, 0.3) is 0 Å². The predicted octanol–water partition coefficient (Wildman–Crippen LogP) is 6.94. The number of hydrogen-bond donors (Lipinski definition) is 0. The van der Waals surface area contributed by atoms with Crippen LogP contribution in [-0.4, -0.2) is 0 Å². The van der Waals surface area contributed by atoms with Gasteiger partial charge >= 0.3 is 0 Å². The second kappa shape index (κ2) is 7.56. The van der Waals surface area contributed by atoms with Gasteiger partial charge in [-0.05, 0) is 41.9 Å². The fourth-order valence-electron chi connectivity index (χ4n) is 3.29. The Balaban J connectivity index is 0. The molecule has 0 spiro atoms. The van der Waals surface area contributed by atoms with Crippen LogP contribution in [0, 0.1) is 22.7 Å². The molecule has 2 saturated carbocycles. The molecular weight excluding hydrogens is 216 g/mol. The molecule has 0 N–H and O–H groups in total. The summed E-state index contributed by atoms with van der Waals surface area (Å²) in [6.45, 7) is 14.2. The van der Waals surface area contributed by atoms with Gasteiger partial charge in [-0.15, -0.1) is 0 Å². The highest BCUT2D eigenvalue weighted by Gasteiger charge is 2.30. The fourth-order valence-corrected chi connectivity index (χ4v) is 3.29. The van der Waals surface area contributed by atoms with Crippen molar-refractivity contribution in [3.8, 4) is 0 Å². The van der Waals surface area contributed by atoms with Crippen LogP contribution in [0.2, 0.25) is 0 Å². The minimum Gasteiger partial charge on any atom is -0.0776 e. The minimum atomic E-state index is 0. The molecule has 0 saturated heterocycles. The summed E-state index contributed by atoms with van der Waals surface area (Å²) in [6.07, 6.45) is 8.67. The summed E-state index contributed by atoms with van der Waals surface area (Å²) in [5, 5.41) is 0. The van der Waals surface area contributed by atoms with Crippen LogP contribution in [-0.2, 0) is 0 Å². The molecule has 2 unspecified atom stereocenters. The lowest BCUT2D eigenvalue weighted by molar-refractivity contribution is 0.281.